The highest BCUT2D eigenvalue weighted by atomic mass is 28.3. The number of para-hydroxylation sites is 4. The molecule has 0 aliphatic carbocycles. The summed E-state index contributed by atoms with van der Waals surface area (Å²) < 4.78 is 21.5. The summed E-state index contributed by atoms with van der Waals surface area (Å²) in [7, 11) is -1.11. The first-order chi connectivity index (χ1) is 20.8. The first-order valence-corrected chi connectivity index (χ1v) is 16.1. The smallest absolute Gasteiger partial charge is 0.197 e. The van der Waals surface area contributed by atoms with Crippen molar-refractivity contribution in [1.82, 2.24) is 4.57 Å². The first-order valence-electron chi connectivity index (χ1n) is 14.1. The molecular formula is C37H25NO3Si. The van der Waals surface area contributed by atoms with E-state index in [4.69, 9.17) is 14.2 Å². The molecule has 0 N–H and O–H groups in total. The summed E-state index contributed by atoms with van der Waals surface area (Å²) in [6.45, 7) is 0. The molecule has 1 aromatic heterocycles. The number of hydrogen-bond acceptors (Lipinski definition) is 3. The Morgan fingerprint density at radius 1 is 0.548 bits per heavy atom. The molecule has 0 radical (unpaired) electrons. The number of ether oxygens (including phenoxy) is 3. The Bertz CT molecular complexity index is 2070. The quantitative estimate of drug-likeness (QED) is 0.236. The molecular weight excluding hydrogens is 534 g/mol. The van der Waals surface area contributed by atoms with Crippen molar-refractivity contribution in [3.63, 3.8) is 0 Å². The van der Waals surface area contributed by atoms with Crippen LogP contribution in [0.3, 0.4) is 0 Å². The van der Waals surface area contributed by atoms with E-state index in [1.807, 2.05) is 0 Å². The number of benzene rings is 6. The predicted molar refractivity (Wildman–Crippen MR) is 171 cm³/mol. The van der Waals surface area contributed by atoms with E-state index in [9.17, 15) is 0 Å². The van der Waals surface area contributed by atoms with Crippen LogP contribution in [-0.2, 0) is 0 Å². The molecule has 0 atom stereocenters. The SMILES string of the molecule is COc1ccc([Si]23c4ccccc4Oc4cc(-n5c6ccccc6c6ccccc65)cc(c42)Oc2ccccc23)cc1. The maximum atomic E-state index is 6.81. The number of hydrogen-bond donors (Lipinski definition) is 0. The lowest BCUT2D eigenvalue weighted by molar-refractivity contribution is 0.415. The highest BCUT2D eigenvalue weighted by molar-refractivity contribution is 7.21. The Kier molecular flexibility index (Phi) is 4.81. The van der Waals surface area contributed by atoms with Crippen molar-refractivity contribution < 1.29 is 14.2 Å². The molecule has 0 spiro atoms. The van der Waals surface area contributed by atoms with Gasteiger partial charge in [-0.1, -0.05) is 84.9 Å². The molecule has 4 nitrogen and oxygen atoms in total. The summed E-state index contributed by atoms with van der Waals surface area (Å²) in [6.07, 6.45) is 0. The Hall–Kier alpha value is -5.26. The fourth-order valence-electron chi connectivity index (χ4n) is 7.12. The van der Waals surface area contributed by atoms with Gasteiger partial charge in [0.2, 0.25) is 0 Å². The maximum Gasteiger partial charge on any atom is 0.197 e. The normalized spacial score (nSPS) is 13.9. The Morgan fingerprint density at radius 2 is 1.05 bits per heavy atom. The third kappa shape index (κ3) is 3.00. The van der Waals surface area contributed by atoms with Gasteiger partial charge in [-0.25, -0.2) is 0 Å². The molecule has 0 amide bonds. The van der Waals surface area contributed by atoms with E-state index >= 15 is 0 Å². The van der Waals surface area contributed by atoms with Gasteiger partial charge in [0.25, 0.3) is 0 Å². The molecule has 0 saturated carbocycles. The summed E-state index contributed by atoms with van der Waals surface area (Å²) in [5, 5.41) is 7.31. The highest BCUT2D eigenvalue weighted by Crippen LogP contribution is 2.42. The van der Waals surface area contributed by atoms with Gasteiger partial charge in [0.05, 0.1) is 23.8 Å². The van der Waals surface area contributed by atoms with Gasteiger partial charge in [-0.15, -0.1) is 0 Å². The maximum absolute atomic E-state index is 6.81. The van der Waals surface area contributed by atoms with Gasteiger partial charge in [-0.2, -0.15) is 0 Å². The second-order valence-electron chi connectivity index (χ2n) is 10.9. The lowest BCUT2D eigenvalue weighted by atomic mass is 10.2. The van der Waals surface area contributed by atoms with Crippen molar-refractivity contribution in [3.05, 3.63) is 133 Å². The summed E-state index contributed by atoms with van der Waals surface area (Å²) in [4.78, 5) is 0. The molecule has 0 bridgehead atoms. The molecule has 3 heterocycles. The molecule has 2 aliphatic rings. The summed E-state index contributed by atoms with van der Waals surface area (Å²) >= 11 is 0. The number of rotatable bonds is 3. The highest BCUT2D eigenvalue weighted by Gasteiger charge is 2.53. The molecule has 42 heavy (non-hydrogen) atoms. The second-order valence-corrected chi connectivity index (χ2v) is 14.5. The van der Waals surface area contributed by atoms with Crippen molar-refractivity contribution in [2.24, 2.45) is 0 Å². The first kappa shape index (κ1) is 23.4. The van der Waals surface area contributed by atoms with E-state index < -0.39 is 8.07 Å². The zero-order valence-corrected chi connectivity index (χ0v) is 23.9. The molecule has 9 rings (SSSR count). The minimum atomic E-state index is -2.82. The zero-order valence-electron chi connectivity index (χ0n) is 22.9. The van der Waals surface area contributed by atoms with Gasteiger partial charge in [0.15, 0.2) is 8.07 Å². The van der Waals surface area contributed by atoms with Crippen LogP contribution < -0.4 is 35.0 Å². The van der Waals surface area contributed by atoms with Crippen LogP contribution in [0.4, 0.5) is 0 Å². The summed E-state index contributed by atoms with van der Waals surface area (Å²) in [5.74, 6) is 4.33. The van der Waals surface area contributed by atoms with Gasteiger partial charge >= 0.3 is 0 Å². The van der Waals surface area contributed by atoms with E-state index in [0.29, 0.717) is 0 Å². The lowest BCUT2D eigenvalue weighted by Crippen LogP contribution is -2.77. The Labute approximate surface area is 244 Å². The van der Waals surface area contributed by atoms with Gasteiger partial charge in [-0.3, -0.25) is 0 Å². The minimum Gasteiger partial charge on any atom is -0.497 e. The summed E-state index contributed by atoms with van der Waals surface area (Å²) in [6, 6.07) is 47.2. The molecule has 2 aliphatic heterocycles. The second kappa shape index (κ2) is 8.62. The van der Waals surface area contributed by atoms with Crippen LogP contribution in [0.1, 0.15) is 0 Å². The average Bonchev–Trinajstić information content (AvgIpc) is 3.39. The van der Waals surface area contributed by atoms with Crippen molar-refractivity contribution >= 4 is 50.6 Å². The molecule has 0 fully saturated rings. The lowest BCUT2D eigenvalue weighted by Gasteiger charge is -2.43. The third-order valence-electron chi connectivity index (χ3n) is 8.81. The molecule has 5 heteroatoms. The van der Waals surface area contributed by atoms with Crippen molar-refractivity contribution in [2.75, 3.05) is 7.11 Å². The third-order valence-corrected chi connectivity index (χ3v) is 13.7. The molecule has 200 valence electrons. The van der Waals surface area contributed by atoms with Crippen LogP contribution in [0.5, 0.6) is 28.7 Å². The number of aromatic nitrogens is 1. The van der Waals surface area contributed by atoms with Gasteiger partial charge in [0, 0.05) is 28.1 Å². The van der Waals surface area contributed by atoms with Gasteiger partial charge in [-0.05, 0) is 52.0 Å². The fourth-order valence-corrected chi connectivity index (χ4v) is 12.2. The van der Waals surface area contributed by atoms with Crippen LogP contribution in [0.15, 0.2) is 133 Å². The van der Waals surface area contributed by atoms with Crippen LogP contribution in [0.2, 0.25) is 0 Å². The Balaban J connectivity index is 1.41. The van der Waals surface area contributed by atoms with Crippen molar-refractivity contribution in [1.29, 1.82) is 0 Å². The van der Waals surface area contributed by atoms with E-state index in [-0.39, 0.29) is 0 Å². The van der Waals surface area contributed by atoms with Crippen LogP contribution >= 0.6 is 0 Å². The minimum absolute atomic E-state index is 0.840. The standard InChI is InChI=1S/C37H25NO3Si/c1-39-25-18-20-26(21-19-25)42-35-16-8-6-14-31(35)40-33-22-24(23-34(37(33)42)41-32-15-7-9-17-36(32)42)38-29-12-4-2-10-27(29)28-11-3-5-13-30(28)38/h2-23H,1H3. The predicted octanol–water partition coefficient (Wildman–Crippen LogP) is 6.38. The van der Waals surface area contributed by atoms with E-state index in [2.05, 4.69) is 138 Å². The van der Waals surface area contributed by atoms with E-state index in [0.717, 1.165) is 50.7 Å². The van der Waals surface area contributed by atoms with Crippen molar-refractivity contribution in [3.8, 4) is 34.4 Å². The monoisotopic (exact) mass is 559 g/mol. The molecule has 7 aromatic rings. The van der Waals surface area contributed by atoms with Crippen LogP contribution in [0.25, 0.3) is 27.5 Å². The molecule has 0 saturated heterocycles. The molecule has 0 unspecified atom stereocenters. The largest absolute Gasteiger partial charge is 0.497 e. The zero-order chi connectivity index (χ0) is 27.8. The van der Waals surface area contributed by atoms with E-state index in [1.54, 1.807) is 7.11 Å². The molecule has 6 aromatic carbocycles. The van der Waals surface area contributed by atoms with Gasteiger partial charge < -0.3 is 18.8 Å². The average molecular weight is 560 g/mol. The van der Waals surface area contributed by atoms with Crippen LogP contribution in [0, 0.1) is 0 Å². The summed E-state index contributed by atoms with van der Waals surface area (Å²) in [5.41, 5.74) is 3.31. The fraction of sp³-hybridized carbons (Fsp3) is 0.0270. The number of fused-ring (bicyclic) bond motifs is 7. The Morgan fingerprint density at radius 3 is 1.60 bits per heavy atom. The van der Waals surface area contributed by atoms with Gasteiger partial charge in [0.1, 0.15) is 28.7 Å². The number of nitrogens with zero attached hydrogens (tertiary/aromatic N) is 1. The van der Waals surface area contributed by atoms with Crippen molar-refractivity contribution in [2.45, 2.75) is 0 Å². The van der Waals surface area contributed by atoms with E-state index in [1.165, 1.54) is 26.3 Å². The number of methoxy groups -OCH3 is 1. The van der Waals surface area contributed by atoms with Crippen LogP contribution in [-0.4, -0.2) is 19.8 Å². The topological polar surface area (TPSA) is 32.6 Å².